The van der Waals surface area contributed by atoms with Gasteiger partial charge in [-0.25, -0.2) is 4.98 Å². The van der Waals surface area contributed by atoms with E-state index in [4.69, 9.17) is 14.2 Å². The maximum atomic E-state index is 12.1. The zero-order valence-corrected chi connectivity index (χ0v) is 18.0. The molecule has 1 heterocycles. The maximum absolute atomic E-state index is 12.1. The molecular formula is C21H29N5O4. The highest BCUT2D eigenvalue weighted by Gasteiger charge is 2.12. The summed E-state index contributed by atoms with van der Waals surface area (Å²) in [6.07, 6.45) is 3.13. The van der Waals surface area contributed by atoms with Gasteiger partial charge in [-0.3, -0.25) is 4.79 Å². The molecule has 1 aromatic heterocycles. The standard InChI is InChI=1S/C21H29N5O4/c1-6-22-18-11-14(2)25-21(26-18)24-10-9-23-19(27)8-7-15-12-16(28-3)20(30-5)17(13-15)29-4/h7-8,11-13H,6,9-10H2,1-5H3,(H,23,27)(H2,22,24,25,26)/b8-7+. The van der Waals surface area contributed by atoms with Crippen LogP contribution in [0.1, 0.15) is 18.2 Å². The largest absolute Gasteiger partial charge is 0.493 e. The Morgan fingerprint density at radius 3 is 2.30 bits per heavy atom. The summed E-state index contributed by atoms with van der Waals surface area (Å²) >= 11 is 0. The maximum Gasteiger partial charge on any atom is 0.244 e. The van der Waals surface area contributed by atoms with E-state index < -0.39 is 0 Å². The van der Waals surface area contributed by atoms with Crippen molar-refractivity contribution in [3.8, 4) is 17.2 Å². The lowest BCUT2D eigenvalue weighted by Crippen LogP contribution is -2.27. The predicted octanol–water partition coefficient (Wildman–Crippen LogP) is 2.48. The number of carbonyl (C=O) groups is 1. The van der Waals surface area contributed by atoms with E-state index in [0.717, 1.165) is 23.6 Å². The molecule has 0 bridgehead atoms. The Kier molecular flexibility index (Phi) is 8.74. The van der Waals surface area contributed by atoms with Crippen molar-refractivity contribution in [2.75, 3.05) is 51.6 Å². The summed E-state index contributed by atoms with van der Waals surface area (Å²) in [5, 5.41) is 9.08. The fourth-order valence-electron chi connectivity index (χ4n) is 2.71. The third-order valence-corrected chi connectivity index (χ3v) is 4.03. The summed E-state index contributed by atoms with van der Waals surface area (Å²) in [5.74, 6) is 2.62. The number of nitrogens with one attached hydrogen (secondary N) is 3. The van der Waals surface area contributed by atoms with Crippen LogP contribution in [-0.2, 0) is 4.79 Å². The molecular weight excluding hydrogens is 386 g/mol. The first kappa shape index (κ1) is 22.8. The van der Waals surface area contributed by atoms with Gasteiger partial charge in [0.2, 0.25) is 17.6 Å². The number of aromatic nitrogens is 2. The van der Waals surface area contributed by atoms with Crippen LogP contribution in [0.15, 0.2) is 24.3 Å². The van der Waals surface area contributed by atoms with Crippen LogP contribution in [0, 0.1) is 6.92 Å². The Morgan fingerprint density at radius 1 is 1.00 bits per heavy atom. The molecule has 0 aliphatic carbocycles. The van der Waals surface area contributed by atoms with Crippen molar-refractivity contribution in [2.45, 2.75) is 13.8 Å². The van der Waals surface area contributed by atoms with Gasteiger partial charge < -0.3 is 30.2 Å². The van der Waals surface area contributed by atoms with Crippen molar-refractivity contribution in [2.24, 2.45) is 0 Å². The van der Waals surface area contributed by atoms with Crippen molar-refractivity contribution < 1.29 is 19.0 Å². The second-order valence-corrected chi connectivity index (χ2v) is 6.26. The van der Waals surface area contributed by atoms with Gasteiger partial charge in [-0.1, -0.05) is 0 Å². The third kappa shape index (κ3) is 6.54. The van der Waals surface area contributed by atoms with E-state index in [2.05, 4.69) is 25.9 Å². The van der Waals surface area contributed by atoms with Gasteiger partial charge in [-0.05, 0) is 37.6 Å². The number of carbonyl (C=O) groups excluding carboxylic acids is 1. The van der Waals surface area contributed by atoms with Gasteiger partial charge in [0.1, 0.15) is 5.82 Å². The van der Waals surface area contributed by atoms with E-state index in [1.807, 2.05) is 19.9 Å². The van der Waals surface area contributed by atoms with Crippen molar-refractivity contribution in [1.29, 1.82) is 0 Å². The number of amides is 1. The van der Waals surface area contributed by atoms with Crippen molar-refractivity contribution in [3.63, 3.8) is 0 Å². The van der Waals surface area contributed by atoms with E-state index in [0.29, 0.717) is 36.3 Å². The molecule has 2 aromatic rings. The minimum Gasteiger partial charge on any atom is -0.493 e. The molecule has 1 amide bonds. The van der Waals surface area contributed by atoms with Crippen LogP contribution >= 0.6 is 0 Å². The van der Waals surface area contributed by atoms with E-state index in [1.165, 1.54) is 6.08 Å². The van der Waals surface area contributed by atoms with Gasteiger partial charge in [0, 0.05) is 37.5 Å². The summed E-state index contributed by atoms with van der Waals surface area (Å²) in [7, 11) is 4.63. The van der Waals surface area contributed by atoms with Gasteiger partial charge in [-0.2, -0.15) is 4.98 Å². The highest BCUT2D eigenvalue weighted by atomic mass is 16.5. The average molecular weight is 415 g/mol. The second-order valence-electron chi connectivity index (χ2n) is 6.26. The zero-order chi connectivity index (χ0) is 21.9. The summed E-state index contributed by atoms with van der Waals surface area (Å²) in [6.45, 7) is 5.62. The molecule has 162 valence electrons. The molecule has 0 atom stereocenters. The summed E-state index contributed by atoms with van der Waals surface area (Å²) in [4.78, 5) is 20.8. The molecule has 2 rings (SSSR count). The quantitative estimate of drug-likeness (QED) is 0.380. The number of nitrogens with zero attached hydrogens (tertiary/aromatic N) is 2. The van der Waals surface area contributed by atoms with Crippen LogP contribution in [0.3, 0.4) is 0 Å². The number of aryl methyl sites for hydroxylation is 1. The monoisotopic (exact) mass is 415 g/mol. The number of hydrogen-bond donors (Lipinski definition) is 3. The smallest absolute Gasteiger partial charge is 0.244 e. The van der Waals surface area contributed by atoms with E-state index in [1.54, 1.807) is 39.5 Å². The molecule has 0 radical (unpaired) electrons. The van der Waals surface area contributed by atoms with E-state index in [-0.39, 0.29) is 5.91 Å². The first-order valence-electron chi connectivity index (χ1n) is 9.60. The fraction of sp³-hybridized carbons (Fsp3) is 0.381. The van der Waals surface area contributed by atoms with Crippen LogP contribution in [0.4, 0.5) is 11.8 Å². The number of ether oxygens (including phenoxy) is 3. The van der Waals surface area contributed by atoms with Crippen LogP contribution in [0.5, 0.6) is 17.2 Å². The lowest BCUT2D eigenvalue weighted by molar-refractivity contribution is -0.116. The van der Waals surface area contributed by atoms with Crippen LogP contribution < -0.4 is 30.2 Å². The zero-order valence-electron chi connectivity index (χ0n) is 18.0. The molecule has 0 spiro atoms. The molecule has 1 aromatic carbocycles. The van der Waals surface area contributed by atoms with Gasteiger partial charge in [0.25, 0.3) is 0 Å². The number of anilines is 2. The highest BCUT2D eigenvalue weighted by Crippen LogP contribution is 2.38. The summed E-state index contributed by atoms with van der Waals surface area (Å²) in [5.41, 5.74) is 1.61. The summed E-state index contributed by atoms with van der Waals surface area (Å²) < 4.78 is 15.9. The fourth-order valence-corrected chi connectivity index (χ4v) is 2.71. The molecule has 0 aliphatic rings. The molecule has 30 heavy (non-hydrogen) atoms. The SMILES string of the molecule is CCNc1cc(C)nc(NCCNC(=O)/C=C/c2cc(OC)c(OC)c(OC)c2)n1. The molecule has 0 unspecified atom stereocenters. The first-order valence-corrected chi connectivity index (χ1v) is 9.60. The lowest BCUT2D eigenvalue weighted by atomic mass is 10.1. The van der Waals surface area contributed by atoms with E-state index in [9.17, 15) is 4.79 Å². The molecule has 9 heteroatoms. The van der Waals surface area contributed by atoms with Crippen LogP contribution in [0.25, 0.3) is 6.08 Å². The number of rotatable bonds is 11. The molecule has 3 N–H and O–H groups in total. The third-order valence-electron chi connectivity index (χ3n) is 4.03. The number of benzene rings is 1. The minimum absolute atomic E-state index is 0.218. The molecule has 0 aliphatic heterocycles. The number of hydrogen-bond acceptors (Lipinski definition) is 8. The molecule has 0 fully saturated rings. The van der Waals surface area contributed by atoms with Gasteiger partial charge in [0.15, 0.2) is 11.5 Å². The average Bonchev–Trinajstić information content (AvgIpc) is 2.74. The predicted molar refractivity (Wildman–Crippen MR) is 118 cm³/mol. The second kappa shape index (κ2) is 11.5. The Bertz CT molecular complexity index is 861. The minimum atomic E-state index is -0.218. The Labute approximate surface area is 176 Å². The molecule has 9 nitrogen and oxygen atoms in total. The van der Waals surface area contributed by atoms with Crippen LogP contribution in [-0.4, -0.2) is 56.8 Å². The topological polar surface area (TPSA) is 107 Å². The van der Waals surface area contributed by atoms with E-state index >= 15 is 0 Å². The highest BCUT2D eigenvalue weighted by molar-refractivity contribution is 5.91. The van der Waals surface area contributed by atoms with Gasteiger partial charge in [0.05, 0.1) is 21.3 Å². The van der Waals surface area contributed by atoms with Crippen molar-refractivity contribution in [3.05, 3.63) is 35.5 Å². The number of methoxy groups -OCH3 is 3. The Morgan fingerprint density at radius 2 is 1.70 bits per heavy atom. The van der Waals surface area contributed by atoms with Crippen molar-refractivity contribution >= 4 is 23.7 Å². The molecule has 0 saturated heterocycles. The first-order chi connectivity index (χ1) is 14.5. The summed E-state index contributed by atoms with van der Waals surface area (Å²) in [6, 6.07) is 5.41. The lowest BCUT2D eigenvalue weighted by Gasteiger charge is -2.12. The Balaban J connectivity index is 1.88. The van der Waals surface area contributed by atoms with Gasteiger partial charge >= 0.3 is 0 Å². The normalized spacial score (nSPS) is 10.6. The van der Waals surface area contributed by atoms with Crippen molar-refractivity contribution in [1.82, 2.24) is 15.3 Å². The van der Waals surface area contributed by atoms with Crippen LogP contribution in [0.2, 0.25) is 0 Å². The van der Waals surface area contributed by atoms with Gasteiger partial charge in [-0.15, -0.1) is 0 Å². The molecule has 0 saturated carbocycles. The Hall–Kier alpha value is -3.49.